The highest BCUT2D eigenvalue weighted by Gasteiger charge is 2.39. The number of nitrogens with two attached hydrogens (primary N) is 1. The van der Waals surface area contributed by atoms with Gasteiger partial charge in [-0.3, -0.25) is 4.90 Å². The molecular formula is C17H34N2O. The van der Waals surface area contributed by atoms with Crippen LogP contribution in [0.3, 0.4) is 0 Å². The lowest BCUT2D eigenvalue weighted by atomic mass is 9.67. The van der Waals surface area contributed by atoms with Crippen LogP contribution in [0.2, 0.25) is 0 Å². The lowest BCUT2D eigenvalue weighted by Gasteiger charge is -2.48. The van der Waals surface area contributed by atoms with Crippen LogP contribution in [0.25, 0.3) is 0 Å². The highest BCUT2D eigenvalue weighted by Crippen LogP contribution is 2.42. The highest BCUT2D eigenvalue weighted by molar-refractivity contribution is 4.92. The largest absolute Gasteiger partial charge is 0.396 e. The van der Waals surface area contributed by atoms with E-state index in [2.05, 4.69) is 25.7 Å². The first-order valence-electron chi connectivity index (χ1n) is 8.50. The molecule has 0 aromatic heterocycles. The van der Waals surface area contributed by atoms with Gasteiger partial charge in [0.15, 0.2) is 0 Å². The number of aliphatic hydroxyl groups is 1. The van der Waals surface area contributed by atoms with Crippen molar-refractivity contribution in [2.45, 2.75) is 58.9 Å². The van der Waals surface area contributed by atoms with E-state index in [1.54, 1.807) is 0 Å². The van der Waals surface area contributed by atoms with Gasteiger partial charge in [0, 0.05) is 19.2 Å². The molecule has 1 saturated heterocycles. The van der Waals surface area contributed by atoms with E-state index in [0.29, 0.717) is 29.9 Å². The van der Waals surface area contributed by atoms with Gasteiger partial charge in [0.05, 0.1) is 0 Å². The summed E-state index contributed by atoms with van der Waals surface area (Å²) in [4.78, 5) is 2.65. The number of nitrogens with zero attached hydrogens (tertiary/aromatic N) is 1. The van der Waals surface area contributed by atoms with E-state index >= 15 is 0 Å². The molecule has 3 heteroatoms. The van der Waals surface area contributed by atoms with Gasteiger partial charge in [-0.05, 0) is 68.4 Å². The second kappa shape index (κ2) is 6.76. The predicted molar refractivity (Wildman–Crippen MR) is 84.5 cm³/mol. The molecule has 1 aliphatic heterocycles. The van der Waals surface area contributed by atoms with Crippen LogP contribution in [0.4, 0.5) is 0 Å². The van der Waals surface area contributed by atoms with Gasteiger partial charge in [-0.1, -0.05) is 20.8 Å². The Morgan fingerprint density at radius 1 is 1.20 bits per heavy atom. The molecule has 118 valence electrons. The summed E-state index contributed by atoms with van der Waals surface area (Å²) in [5, 5.41) is 9.46. The minimum atomic E-state index is 0.346. The third kappa shape index (κ3) is 3.75. The highest BCUT2D eigenvalue weighted by atomic mass is 16.3. The Kier molecular flexibility index (Phi) is 5.49. The average molecular weight is 282 g/mol. The number of aliphatic hydroxyl groups excluding tert-OH is 1. The zero-order valence-electron chi connectivity index (χ0n) is 13.6. The van der Waals surface area contributed by atoms with Crippen LogP contribution in [0, 0.1) is 23.2 Å². The predicted octanol–water partition coefficient (Wildman–Crippen LogP) is 2.48. The van der Waals surface area contributed by atoms with Gasteiger partial charge in [0.1, 0.15) is 0 Å². The van der Waals surface area contributed by atoms with Crippen molar-refractivity contribution in [3.8, 4) is 0 Å². The molecule has 4 atom stereocenters. The van der Waals surface area contributed by atoms with Crippen LogP contribution in [0.1, 0.15) is 52.9 Å². The number of rotatable bonds is 3. The van der Waals surface area contributed by atoms with Gasteiger partial charge in [0.2, 0.25) is 0 Å². The van der Waals surface area contributed by atoms with Gasteiger partial charge in [-0.25, -0.2) is 0 Å². The quantitative estimate of drug-likeness (QED) is 0.836. The maximum absolute atomic E-state index is 9.46. The third-order valence-corrected chi connectivity index (χ3v) is 5.76. The first-order chi connectivity index (χ1) is 9.45. The Bertz CT molecular complexity index is 300. The summed E-state index contributed by atoms with van der Waals surface area (Å²) >= 11 is 0. The molecule has 0 aromatic rings. The lowest BCUT2D eigenvalue weighted by molar-refractivity contribution is 0.0125. The van der Waals surface area contributed by atoms with Crippen LogP contribution in [0.15, 0.2) is 0 Å². The van der Waals surface area contributed by atoms with Crippen molar-refractivity contribution in [3.63, 3.8) is 0 Å². The van der Waals surface area contributed by atoms with E-state index in [0.717, 1.165) is 19.0 Å². The molecule has 4 unspecified atom stereocenters. The van der Waals surface area contributed by atoms with Gasteiger partial charge >= 0.3 is 0 Å². The summed E-state index contributed by atoms with van der Waals surface area (Å²) < 4.78 is 0. The molecule has 3 nitrogen and oxygen atoms in total. The zero-order chi connectivity index (χ0) is 14.8. The minimum absolute atomic E-state index is 0.346. The molecule has 20 heavy (non-hydrogen) atoms. The Balaban J connectivity index is 2.04. The average Bonchev–Trinajstić information content (AvgIpc) is 2.45. The topological polar surface area (TPSA) is 49.5 Å². The van der Waals surface area contributed by atoms with Crippen LogP contribution in [0.5, 0.6) is 0 Å². The SMILES string of the molecule is CC(C)(C)C1CCC(CN)C(N2CCCC(CO)C2)C1. The number of hydrogen-bond acceptors (Lipinski definition) is 3. The summed E-state index contributed by atoms with van der Waals surface area (Å²) in [6, 6.07) is 0.646. The van der Waals surface area contributed by atoms with E-state index in [4.69, 9.17) is 5.73 Å². The fraction of sp³-hybridized carbons (Fsp3) is 1.00. The first-order valence-corrected chi connectivity index (χ1v) is 8.50. The first kappa shape index (κ1) is 16.3. The van der Waals surface area contributed by atoms with Crippen molar-refractivity contribution in [2.75, 3.05) is 26.2 Å². The summed E-state index contributed by atoms with van der Waals surface area (Å²) in [5.41, 5.74) is 6.45. The summed E-state index contributed by atoms with van der Waals surface area (Å²) in [7, 11) is 0. The molecule has 0 radical (unpaired) electrons. The van der Waals surface area contributed by atoms with E-state index in [-0.39, 0.29) is 0 Å². The normalized spacial score (nSPS) is 37.0. The van der Waals surface area contributed by atoms with E-state index in [1.165, 1.54) is 38.6 Å². The van der Waals surface area contributed by atoms with E-state index in [1.807, 2.05) is 0 Å². The molecule has 2 rings (SSSR count). The molecule has 0 aromatic carbocycles. The molecule has 1 aliphatic carbocycles. The maximum atomic E-state index is 9.46. The molecule has 0 spiro atoms. The van der Waals surface area contributed by atoms with Gasteiger partial charge in [0.25, 0.3) is 0 Å². The zero-order valence-corrected chi connectivity index (χ0v) is 13.6. The Labute approximate surface area is 124 Å². The molecule has 3 N–H and O–H groups in total. The van der Waals surface area contributed by atoms with Crippen molar-refractivity contribution in [3.05, 3.63) is 0 Å². The number of piperidine rings is 1. The second-order valence-corrected chi connectivity index (χ2v) is 8.12. The smallest absolute Gasteiger partial charge is 0.0471 e. The molecule has 0 amide bonds. The standard InChI is InChI=1S/C17H34N2O/c1-17(2,3)15-7-6-14(10-18)16(9-15)19-8-4-5-13(11-19)12-20/h13-16,20H,4-12,18H2,1-3H3. The summed E-state index contributed by atoms with van der Waals surface area (Å²) in [5.74, 6) is 1.95. The van der Waals surface area contributed by atoms with E-state index < -0.39 is 0 Å². The Hall–Kier alpha value is -0.120. The summed E-state index contributed by atoms with van der Waals surface area (Å²) in [6.07, 6.45) is 6.33. The summed E-state index contributed by atoms with van der Waals surface area (Å²) in [6.45, 7) is 10.6. The second-order valence-electron chi connectivity index (χ2n) is 8.12. The molecule has 2 aliphatic rings. The van der Waals surface area contributed by atoms with Crippen LogP contribution in [-0.4, -0.2) is 42.3 Å². The van der Waals surface area contributed by atoms with Crippen molar-refractivity contribution < 1.29 is 5.11 Å². The number of likely N-dealkylation sites (tertiary alicyclic amines) is 1. The van der Waals surface area contributed by atoms with Gasteiger partial charge in [-0.15, -0.1) is 0 Å². The molecular weight excluding hydrogens is 248 g/mol. The van der Waals surface area contributed by atoms with Crippen LogP contribution < -0.4 is 5.73 Å². The van der Waals surface area contributed by atoms with Crippen molar-refractivity contribution in [1.82, 2.24) is 4.90 Å². The minimum Gasteiger partial charge on any atom is -0.396 e. The van der Waals surface area contributed by atoms with Crippen LogP contribution >= 0.6 is 0 Å². The lowest BCUT2D eigenvalue weighted by Crippen LogP contribution is -2.52. The fourth-order valence-electron chi connectivity index (χ4n) is 4.27. The Morgan fingerprint density at radius 2 is 1.95 bits per heavy atom. The van der Waals surface area contributed by atoms with E-state index in [9.17, 15) is 5.11 Å². The fourth-order valence-corrected chi connectivity index (χ4v) is 4.27. The maximum Gasteiger partial charge on any atom is 0.0471 e. The van der Waals surface area contributed by atoms with Crippen molar-refractivity contribution >= 4 is 0 Å². The molecule has 0 bridgehead atoms. The van der Waals surface area contributed by atoms with Crippen molar-refractivity contribution in [2.24, 2.45) is 28.9 Å². The third-order valence-electron chi connectivity index (χ3n) is 5.76. The molecule has 1 heterocycles. The molecule has 1 saturated carbocycles. The monoisotopic (exact) mass is 282 g/mol. The van der Waals surface area contributed by atoms with Gasteiger partial charge in [-0.2, -0.15) is 0 Å². The van der Waals surface area contributed by atoms with Crippen molar-refractivity contribution in [1.29, 1.82) is 0 Å². The Morgan fingerprint density at radius 3 is 2.55 bits per heavy atom. The number of hydrogen-bond donors (Lipinski definition) is 2. The molecule has 2 fully saturated rings. The van der Waals surface area contributed by atoms with Crippen LogP contribution in [-0.2, 0) is 0 Å². The van der Waals surface area contributed by atoms with Gasteiger partial charge < -0.3 is 10.8 Å².